The van der Waals surface area contributed by atoms with Crippen LogP contribution in [0.4, 0.5) is 0 Å². The fourth-order valence-electron chi connectivity index (χ4n) is 2.50. The molecule has 0 spiro atoms. The highest BCUT2D eigenvalue weighted by Gasteiger charge is 2.16. The van der Waals surface area contributed by atoms with E-state index in [-0.39, 0.29) is 0 Å². The zero-order chi connectivity index (χ0) is 16.9. The summed E-state index contributed by atoms with van der Waals surface area (Å²) in [4.78, 5) is 0. The predicted molar refractivity (Wildman–Crippen MR) is 103 cm³/mol. The van der Waals surface area contributed by atoms with Crippen molar-refractivity contribution in [3.8, 4) is 11.5 Å². The monoisotopic (exact) mass is 356 g/mol. The van der Waals surface area contributed by atoms with Crippen molar-refractivity contribution < 1.29 is 9.47 Å². The van der Waals surface area contributed by atoms with Crippen LogP contribution in [0.5, 0.6) is 11.5 Å². The number of methoxy groups -OCH3 is 2. The Morgan fingerprint density at radius 3 is 1.25 bits per heavy atom. The van der Waals surface area contributed by atoms with E-state index < -0.39 is 7.92 Å². The lowest BCUT2D eigenvalue weighted by Gasteiger charge is -2.20. The molecule has 0 N–H and O–H groups in total. The van der Waals surface area contributed by atoms with Gasteiger partial charge in [0.2, 0.25) is 0 Å². The second-order valence-corrected chi connectivity index (χ2v) is 7.86. The first kappa shape index (κ1) is 16.8. The molecular formula is C20H18ClO2P. The summed E-state index contributed by atoms with van der Waals surface area (Å²) in [6, 6.07) is 24.6. The average Bonchev–Trinajstić information content (AvgIpc) is 2.64. The molecule has 3 aromatic carbocycles. The molecule has 0 amide bonds. The van der Waals surface area contributed by atoms with Gasteiger partial charge < -0.3 is 9.47 Å². The van der Waals surface area contributed by atoms with Gasteiger partial charge in [-0.1, -0.05) is 48.0 Å². The zero-order valence-corrected chi connectivity index (χ0v) is 15.2. The van der Waals surface area contributed by atoms with Crippen molar-refractivity contribution >= 4 is 35.4 Å². The number of hydrogen-bond acceptors (Lipinski definition) is 2. The van der Waals surface area contributed by atoms with Crippen LogP contribution in [0.1, 0.15) is 0 Å². The van der Waals surface area contributed by atoms with E-state index >= 15 is 0 Å². The molecule has 2 nitrogen and oxygen atoms in total. The molecule has 0 saturated carbocycles. The lowest BCUT2D eigenvalue weighted by atomic mass is 10.3. The lowest BCUT2D eigenvalue weighted by molar-refractivity contribution is 0.415. The van der Waals surface area contributed by atoms with Crippen LogP contribution in [0.2, 0.25) is 5.02 Å². The van der Waals surface area contributed by atoms with Gasteiger partial charge in [0.05, 0.1) is 14.2 Å². The Morgan fingerprint density at radius 2 is 0.917 bits per heavy atom. The Bertz CT molecular complexity index is 736. The van der Waals surface area contributed by atoms with Crippen molar-refractivity contribution in [3.05, 3.63) is 77.8 Å². The topological polar surface area (TPSA) is 18.5 Å². The van der Waals surface area contributed by atoms with E-state index in [1.807, 2.05) is 36.4 Å². The summed E-state index contributed by atoms with van der Waals surface area (Å²) < 4.78 is 10.6. The van der Waals surface area contributed by atoms with E-state index in [1.165, 1.54) is 15.9 Å². The summed E-state index contributed by atoms with van der Waals surface area (Å²) in [6.07, 6.45) is 0. The maximum Gasteiger partial charge on any atom is 0.118 e. The summed E-state index contributed by atoms with van der Waals surface area (Å²) in [7, 11) is 2.70. The minimum absolute atomic E-state index is 0.663. The predicted octanol–water partition coefficient (Wildman–Crippen LogP) is 4.12. The van der Waals surface area contributed by atoms with E-state index in [2.05, 4.69) is 36.4 Å². The van der Waals surface area contributed by atoms with E-state index in [9.17, 15) is 0 Å². The van der Waals surface area contributed by atoms with E-state index in [1.54, 1.807) is 14.2 Å². The molecule has 122 valence electrons. The Morgan fingerprint density at radius 1 is 0.583 bits per heavy atom. The average molecular weight is 357 g/mol. The van der Waals surface area contributed by atoms with Crippen LogP contribution in [0, 0.1) is 0 Å². The highest BCUT2D eigenvalue weighted by atomic mass is 35.5. The van der Waals surface area contributed by atoms with Crippen molar-refractivity contribution in [1.29, 1.82) is 0 Å². The highest BCUT2D eigenvalue weighted by molar-refractivity contribution is 7.79. The molecule has 24 heavy (non-hydrogen) atoms. The van der Waals surface area contributed by atoms with Gasteiger partial charge in [-0.15, -0.1) is 0 Å². The number of halogens is 1. The van der Waals surface area contributed by atoms with Gasteiger partial charge >= 0.3 is 0 Å². The first-order chi connectivity index (χ1) is 11.7. The van der Waals surface area contributed by atoms with Crippen LogP contribution in [0.25, 0.3) is 0 Å². The standard InChI is InChI=1S/C20H18ClO2P/c1-22-16-5-11-19(12-6-16)24(18-9-3-15(21)4-10-18)20-13-7-17(23-2)8-14-20/h3-14H,1-2H3. The zero-order valence-electron chi connectivity index (χ0n) is 13.6. The number of ether oxygens (including phenoxy) is 2. The van der Waals surface area contributed by atoms with Gasteiger partial charge in [-0.25, -0.2) is 0 Å². The normalized spacial score (nSPS) is 10.7. The maximum atomic E-state index is 6.06. The molecule has 0 aromatic heterocycles. The van der Waals surface area contributed by atoms with Crippen LogP contribution < -0.4 is 25.4 Å². The Kier molecular flexibility index (Phi) is 5.40. The van der Waals surface area contributed by atoms with Crippen molar-refractivity contribution in [2.75, 3.05) is 14.2 Å². The van der Waals surface area contributed by atoms with Gasteiger partial charge in [-0.05, 0) is 60.2 Å². The van der Waals surface area contributed by atoms with Gasteiger partial charge in [0, 0.05) is 5.02 Å². The van der Waals surface area contributed by atoms with Crippen LogP contribution in [-0.2, 0) is 0 Å². The molecule has 0 aliphatic rings. The van der Waals surface area contributed by atoms with E-state index in [0.29, 0.717) is 0 Å². The van der Waals surface area contributed by atoms with Crippen LogP contribution in [0.15, 0.2) is 72.8 Å². The molecule has 0 heterocycles. The van der Waals surface area contributed by atoms with Crippen LogP contribution >= 0.6 is 19.5 Å². The van der Waals surface area contributed by atoms with Crippen molar-refractivity contribution in [2.24, 2.45) is 0 Å². The second-order valence-electron chi connectivity index (χ2n) is 5.21. The molecule has 0 radical (unpaired) electrons. The molecule has 4 heteroatoms. The number of rotatable bonds is 5. The van der Waals surface area contributed by atoms with Gasteiger partial charge in [0.1, 0.15) is 11.5 Å². The third-order valence-electron chi connectivity index (χ3n) is 3.75. The Hall–Kier alpha value is -2.02. The van der Waals surface area contributed by atoms with Gasteiger partial charge in [-0.3, -0.25) is 0 Å². The minimum atomic E-state index is -0.663. The summed E-state index contributed by atoms with van der Waals surface area (Å²) in [5, 5.41) is 4.53. The fraction of sp³-hybridized carbons (Fsp3) is 0.100. The quantitative estimate of drug-likeness (QED) is 0.640. The Labute approximate surface area is 148 Å². The Balaban J connectivity index is 2.06. The molecule has 0 aliphatic carbocycles. The maximum absolute atomic E-state index is 6.06. The molecule has 0 aliphatic heterocycles. The van der Waals surface area contributed by atoms with E-state index in [0.717, 1.165) is 16.5 Å². The van der Waals surface area contributed by atoms with Gasteiger partial charge in [0.15, 0.2) is 0 Å². The van der Waals surface area contributed by atoms with Crippen LogP contribution in [-0.4, -0.2) is 14.2 Å². The summed E-state index contributed by atoms with van der Waals surface area (Å²) in [5.74, 6) is 1.72. The molecular weight excluding hydrogens is 339 g/mol. The highest BCUT2D eigenvalue weighted by Crippen LogP contribution is 2.34. The molecule has 0 atom stereocenters. The summed E-state index contributed by atoms with van der Waals surface area (Å²) in [6.45, 7) is 0. The van der Waals surface area contributed by atoms with Crippen molar-refractivity contribution in [1.82, 2.24) is 0 Å². The molecule has 0 unspecified atom stereocenters. The minimum Gasteiger partial charge on any atom is -0.497 e. The smallest absolute Gasteiger partial charge is 0.118 e. The molecule has 0 fully saturated rings. The first-order valence-corrected chi connectivity index (χ1v) is 9.27. The first-order valence-electron chi connectivity index (χ1n) is 7.55. The summed E-state index contributed by atoms with van der Waals surface area (Å²) >= 11 is 6.06. The second kappa shape index (κ2) is 7.70. The van der Waals surface area contributed by atoms with E-state index in [4.69, 9.17) is 21.1 Å². The summed E-state index contributed by atoms with van der Waals surface area (Å²) in [5.41, 5.74) is 0. The molecule has 3 rings (SSSR count). The largest absolute Gasteiger partial charge is 0.497 e. The van der Waals surface area contributed by atoms with Crippen molar-refractivity contribution in [2.45, 2.75) is 0 Å². The fourth-order valence-corrected chi connectivity index (χ4v) is 4.86. The third-order valence-corrected chi connectivity index (χ3v) is 6.44. The van der Waals surface area contributed by atoms with Gasteiger partial charge in [0.25, 0.3) is 0 Å². The van der Waals surface area contributed by atoms with Crippen molar-refractivity contribution in [3.63, 3.8) is 0 Å². The van der Waals surface area contributed by atoms with Crippen LogP contribution in [0.3, 0.4) is 0 Å². The lowest BCUT2D eigenvalue weighted by Crippen LogP contribution is -2.20. The molecule has 0 saturated heterocycles. The number of benzene rings is 3. The third kappa shape index (κ3) is 3.72. The molecule has 3 aromatic rings. The number of hydrogen-bond donors (Lipinski definition) is 0. The van der Waals surface area contributed by atoms with Gasteiger partial charge in [-0.2, -0.15) is 0 Å². The SMILES string of the molecule is COc1ccc(P(c2ccc(Cl)cc2)c2ccc(OC)cc2)cc1. The molecule has 0 bridgehead atoms.